The molecule has 1 N–H and O–H groups in total. The number of hydrogen-bond donors (Lipinski definition) is 1. The third-order valence-electron chi connectivity index (χ3n) is 3.36. The van der Waals surface area contributed by atoms with Crippen molar-refractivity contribution in [3.05, 3.63) is 15.6 Å². The van der Waals surface area contributed by atoms with Gasteiger partial charge in [-0.25, -0.2) is 4.98 Å². The number of nitrogens with one attached hydrogen (secondary N) is 1. The highest BCUT2D eigenvalue weighted by Gasteiger charge is 2.37. The monoisotopic (exact) mass is 251 g/mol. The van der Waals surface area contributed by atoms with Crippen LogP contribution in [0.5, 0.6) is 0 Å². The van der Waals surface area contributed by atoms with Gasteiger partial charge < -0.3 is 10.2 Å². The lowest BCUT2D eigenvalue weighted by Crippen LogP contribution is -2.38. The van der Waals surface area contributed by atoms with Gasteiger partial charge in [-0.2, -0.15) is 0 Å². The van der Waals surface area contributed by atoms with Crippen LogP contribution in [0.4, 0.5) is 0 Å². The largest absolute Gasteiger partial charge is 0.335 e. The first-order valence-corrected chi connectivity index (χ1v) is 7.05. The molecule has 0 saturated heterocycles. The molecular formula is C12H17N3OS. The number of carbonyl (C=O) groups excluding carboxylic acids is 1. The average Bonchev–Trinajstić information content (AvgIpc) is 3.07. The third-order valence-corrected chi connectivity index (χ3v) is 4.51. The molecule has 92 valence electrons. The van der Waals surface area contributed by atoms with E-state index in [1.165, 1.54) is 12.8 Å². The lowest BCUT2D eigenvalue weighted by atomic mass is 10.1. The zero-order chi connectivity index (χ0) is 11.8. The molecule has 5 heteroatoms. The lowest BCUT2D eigenvalue weighted by Gasteiger charge is -2.25. The molecular weight excluding hydrogens is 234 g/mol. The Balaban J connectivity index is 1.79. The van der Waals surface area contributed by atoms with Gasteiger partial charge in [0.25, 0.3) is 5.91 Å². The number of rotatable bonds is 4. The van der Waals surface area contributed by atoms with E-state index in [1.54, 1.807) is 11.3 Å². The topological polar surface area (TPSA) is 45.2 Å². The molecule has 1 aromatic heterocycles. The van der Waals surface area contributed by atoms with Crippen molar-refractivity contribution >= 4 is 17.2 Å². The average molecular weight is 251 g/mol. The minimum Gasteiger partial charge on any atom is -0.335 e. The van der Waals surface area contributed by atoms with E-state index in [-0.39, 0.29) is 5.91 Å². The van der Waals surface area contributed by atoms with Crippen molar-refractivity contribution < 1.29 is 4.79 Å². The Labute approximate surface area is 105 Å². The van der Waals surface area contributed by atoms with Crippen LogP contribution in [-0.4, -0.2) is 42.0 Å². The van der Waals surface area contributed by atoms with E-state index in [2.05, 4.69) is 10.3 Å². The maximum absolute atomic E-state index is 12.3. The fourth-order valence-electron chi connectivity index (χ4n) is 2.27. The summed E-state index contributed by atoms with van der Waals surface area (Å²) < 4.78 is 0. The van der Waals surface area contributed by atoms with Crippen molar-refractivity contribution in [3.8, 4) is 0 Å². The predicted octanol–water partition coefficient (Wildman–Crippen LogP) is 1.07. The summed E-state index contributed by atoms with van der Waals surface area (Å²) in [5.41, 5.74) is 1.03. The van der Waals surface area contributed by atoms with E-state index in [1.807, 2.05) is 11.9 Å². The minimum atomic E-state index is 0.224. The summed E-state index contributed by atoms with van der Waals surface area (Å²) in [5, 5.41) is 4.21. The molecule has 1 amide bonds. The number of fused-ring (bicyclic) bond motifs is 1. The molecule has 0 aromatic carbocycles. The summed E-state index contributed by atoms with van der Waals surface area (Å²) in [6.07, 6.45) is 4.23. The summed E-state index contributed by atoms with van der Waals surface area (Å²) in [7, 11) is 1.94. The van der Waals surface area contributed by atoms with E-state index in [0.29, 0.717) is 6.04 Å². The summed E-state index contributed by atoms with van der Waals surface area (Å²) in [5.74, 6) is 0.224. The van der Waals surface area contributed by atoms with Gasteiger partial charge in [-0.1, -0.05) is 0 Å². The molecule has 0 spiro atoms. The zero-order valence-corrected chi connectivity index (χ0v) is 10.8. The van der Waals surface area contributed by atoms with Crippen LogP contribution in [0, 0.1) is 0 Å². The fraction of sp³-hybridized carbons (Fsp3) is 0.667. The van der Waals surface area contributed by atoms with Crippen molar-refractivity contribution in [2.75, 3.05) is 20.1 Å². The first kappa shape index (κ1) is 11.2. The van der Waals surface area contributed by atoms with Crippen LogP contribution in [0.1, 0.15) is 33.2 Å². The van der Waals surface area contributed by atoms with Crippen molar-refractivity contribution in [1.82, 2.24) is 15.2 Å². The second-order valence-electron chi connectivity index (χ2n) is 4.72. The van der Waals surface area contributed by atoms with Gasteiger partial charge in [0.1, 0.15) is 4.88 Å². The van der Waals surface area contributed by atoms with Gasteiger partial charge in [-0.15, -0.1) is 11.3 Å². The molecule has 1 saturated carbocycles. The maximum Gasteiger partial charge on any atom is 0.266 e. The molecule has 0 bridgehead atoms. The highest BCUT2D eigenvalue weighted by Crippen LogP contribution is 2.33. The van der Waals surface area contributed by atoms with Gasteiger partial charge >= 0.3 is 0 Å². The van der Waals surface area contributed by atoms with Crippen LogP contribution < -0.4 is 5.32 Å². The normalized spacial score (nSPS) is 19.6. The molecule has 1 aliphatic heterocycles. The van der Waals surface area contributed by atoms with Gasteiger partial charge in [0, 0.05) is 32.0 Å². The Morgan fingerprint density at radius 2 is 2.35 bits per heavy atom. The van der Waals surface area contributed by atoms with Crippen molar-refractivity contribution in [2.45, 2.75) is 31.7 Å². The first-order valence-electron chi connectivity index (χ1n) is 6.23. The summed E-state index contributed by atoms with van der Waals surface area (Å²) >= 11 is 1.59. The minimum absolute atomic E-state index is 0.224. The lowest BCUT2D eigenvalue weighted by molar-refractivity contribution is 0.0731. The molecule has 3 rings (SSSR count). The number of amides is 1. The molecule has 0 radical (unpaired) electrons. The highest BCUT2D eigenvalue weighted by molar-refractivity contribution is 7.13. The summed E-state index contributed by atoms with van der Waals surface area (Å²) in [6.45, 7) is 1.79. The SMILES string of the molecule is CNCCc1nc2c(s1)C(=O)N(C1CC1)CC2. The van der Waals surface area contributed by atoms with E-state index in [0.717, 1.165) is 41.5 Å². The Bertz CT molecular complexity index is 439. The number of thiazole rings is 1. The molecule has 1 aromatic rings. The second kappa shape index (κ2) is 4.38. The number of carbonyl (C=O) groups is 1. The van der Waals surface area contributed by atoms with Crippen LogP contribution in [-0.2, 0) is 12.8 Å². The molecule has 1 aliphatic carbocycles. The Morgan fingerprint density at radius 1 is 1.53 bits per heavy atom. The molecule has 17 heavy (non-hydrogen) atoms. The number of aromatic nitrogens is 1. The zero-order valence-electron chi connectivity index (χ0n) is 10.0. The highest BCUT2D eigenvalue weighted by atomic mass is 32.1. The van der Waals surface area contributed by atoms with Crippen LogP contribution >= 0.6 is 11.3 Å². The summed E-state index contributed by atoms with van der Waals surface area (Å²) in [6, 6.07) is 0.526. The van der Waals surface area contributed by atoms with E-state index in [4.69, 9.17) is 0 Å². The van der Waals surface area contributed by atoms with Gasteiger partial charge in [0.05, 0.1) is 10.7 Å². The van der Waals surface area contributed by atoms with Gasteiger partial charge in [0.15, 0.2) is 0 Å². The van der Waals surface area contributed by atoms with Crippen LogP contribution in [0.15, 0.2) is 0 Å². The van der Waals surface area contributed by atoms with Gasteiger partial charge in [-0.3, -0.25) is 4.79 Å². The second-order valence-corrected chi connectivity index (χ2v) is 5.80. The first-order chi connectivity index (χ1) is 8.29. The van der Waals surface area contributed by atoms with Crippen molar-refractivity contribution in [2.24, 2.45) is 0 Å². The van der Waals surface area contributed by atoms with Crippen molar-refractivity contribution in [1.29, 1.82) is 0 Å². The van der Waals surface area contributed by atoms with Crippen LogP contribution in [0.2, 0.25) is 0 Å². The molecule has 0 atom stereocenters. The van der Waals surface area contributed by atoms with E-state index in [9.17, 15) is 4.79 Å². The Morgan fingerprint density at radius 3 is 3.06 bits per heavy atom. The van der Waals surface area contributed by atoms with Crippen LogP contribution in [0.25, 0.3) is 0 Å². The van der Waals surface area contributed by atoms with Crippen LogP contribution in [0.3, 0.4) is 0 Å². The number of hydrogen-bond acceptors (Lipinski definition) is 4. The van der Waals surface area contributed by atoms with Crippen molar-refractivity contribution in [3.63, 3.8) is 0 Å². The number of likely N-dealkylation sites (N-methyl/N-ethyl adjacent to an activating group) is 1. The van der Waals surface area contributed by atoms with Gasteiger partial charge in [0.2, 0.25) is 0 Å². The summed E-state index contributed by atoms with van der Waals surface area (Å²) in [4.78, 5) is 19.8. The molecule has 2 heterocycles. The maximum atomic E-state index is 12.3. The Kier molecular flexibility index (Phi) is 2.88. The third kappa shape index (κ3) is 2.09. The smallest absolute Gasteiger partial charge is 0.266 e. The predicted molar refractivity (Wildman–Crippen MR) is 67.5 cm³/mol. The molecule has 2 aliphatic rings. The molecule has 0 unspecified atom stereocenters. The van der Waals surface area contributed by atoms with Gasteiger partial charge in [-0.05, 0) is 19.9 Å². The van der Waals surface area contributed by atoms with E-state index >= 15 is 0 Å². The quantitative estimate of drug-likeness (QED) is 0.870. The van der Waals surface area contributed by atoms with E-state index < -0.39 is 0 Å². The fourth-order valence-corrected chi connectivity index (χ4v) is 3.33. The number of nitrogens with zero attached hydrogens (tertiary/aromatic N) is 2. The standard InChI is InChI=1S/C12H17N3OS/c1-13-6-4-10-14-9-5-7-15(8-2-3-8)12(16)11(9)17-10/h8,13H,2-7H2,1H3. The molecule has 1 fully saturated rings. The Hall–Kier alpha value is -0.940. The molecule has 4 nitrogen and oxygen atoms in total.